The third-order valence-electron chi connectivity index (χ3n) is 5.35. The molecule has 30 heavy (non-hydrogen) atoms. The standard InChI is InChI=1S/C20H38IN9/c1-3-17-15-25-30(20(17)24)13-5-9-27(2)8-4-10-28(14-7-21)11-6-12-29-16-18(22)19(23)26-29/h15-16H,3-14,22,24H2,1-2H3,(H2,23,26). The van der Waals surface area contributed by atoms with Crippen molar-refractivity contribution in [3.63, 3.8) is 0 Å². The van der Waals surface area contributed by atoms with E-state index in [4.69, 9.17) is 17.2 Å². The minimum absolute atomic E-state index is 0.420. The number of hydrogen-bond donors (Lipinski definition) is 3. The van der Waals surface area contributed by atoms with Gasteiger partial charge in [0.25, 0.3) is 0 Å². The first-order valence-corrected chi connectivity index (χ1v) is 12.3. The van der Waals surface area contributed by atoms with Gasteiger partial charge in [-0.25, -0.2) is 4.68 Å². The van der Waals surface area contributed by atoms with Crippen LogP contribution in [0.15, 0.2) is 12.4 Å². The highest BCUT2D eigenvalue weighted by Gasteiger charge is 2.08. The van der Waals surface area contributed by atoms with Crippen molar-refractivity contribution in [1.29, 1.82) is 0 Å². The Morgan fingerprint density at radius 3 is 2.33 bits per heavy atom. The number of aryl methyl sites for hydroxylation is 3. The van der Waals surface area contributed by atoms with Gasteiger partial charge in [0.1, 0.15) is 5.82 Å². The molecule has 0 unspecified atom stereocenters. The van der Waals surface area contributed by atoms with Crippen molar-refractivity contribution in [1.82, 2.24) is 29.4 Å². The number of anilines is 3. The average Bonchev–Trinajstić information content (AvgIpc) is 3.23. The SMILES string of the molecule is CCc1cnn(CCCN(C)CCCN(CCI)CCCn2cc(N)c(N)n2)c1N. The van der Waals surface area contributed by atoms with Gasteiger partial charge < -0.3 is 27.0 Å². The number of aromatic nitrogens is 4. The van der Waals surface area contributed by atoms with Crippen molar-refractivity contribution in [3.05, 3.63) is 18.0 Å². The molecule has 0 fully saturated rings. The van der Waals surface area contributed by atoms with E-state index in [2.05, 4.69) is 56.6 Å². The number of alkyl halides is 1. The molecule has 2 rings (SSSR count). The van der Waals surface area contributed by atoms with Gasteiger partial charge in [0.05, 0.1) is 18.1 Å². The highest BCUT2D eigenvalue weighted by Crippen LogP contribution is 2.12. The first-order valence-electron chi connectivity index (χ1n) is 10.8. The Bertz CT molecular complexity index is 723. The summed E-state index contributed by atoms with van der Waals surface area (Å²) in [5.74, 6) is 1.23. The van der Waals surface area contributed by atoms with Crippen LogP contribution in [0.1, 0.15) is 31.7 Å². The summed E-state index contributed by atoms with van der Waals surface area (Å²) in [6.07, 6.45) is 7.89. The number of nitrogen functional groups attached to an aromatic ring is 3. The van der Waals surface area contributed by atoms with Crippen LogP contribution in [0.25, 0.3) is 0 Å². The van der Waals surface area contributed by atoms with Crippen LogP contribution in [-0.4, -0.2) is 73.6 Å². The van der Waals surface area contributed by atoms with Gasteiger partial charge in [-0.2, -0.15) is 10.2 Å². The molecule has 0 atom stereocenters. The number of nitrogens with zero attached hydrogens (tertiary/aromatic N) is 6. The van der Waals surface area contributed by atoms with Crippen LogP contribution in [-0.2, 0) is 19.5 Å². The van der Waals surface area contributed by atoms with Crippen molar-refractivity contribution in [2.75, 3.05) is 61.4 Å². The molecule has 0 radical (unpaired) electrons. The highest BCUT2D eigenvalue weighted by molar-refractivity contribution is 14.1. The Balaban J connectivity index is 1.62. The van der Waals surface area contributed by atoms with E-state index < -0.39 is 0 Å². The van der Waals surface area contributed by atoms with Gasteiger partial charge in [0.2, 0.25) is 0 Å². The fourth-order valence-electron chi connectivity index (χ4n) is 3.53. The summed E-state index contributed by atoms with van der Waals surface area (Å²) in [6, 6.07) is 0. The van der Waals surface area contributed by atoms with Gasteiger partial charge in [-0.1, -0.05) is 29.5 Å². The van der Waals surface area contributed by atoms with E-state index in [0.29, 0.717) is 11.5 Å². The Morgan fingerprint density at radius 2 is 1.70 bits per heavy atom. The summed E-state index contributed by atoms with van der Waals surface area (Å²) in [7, 11) is 2.19. The third kappa shape index (κ3) is 7.95. The van der Waals surface area contributed by atoms with E-state index in [0.717, 1.165) is 80.9 Å². The molecule has 170 valence electrons. The fraction of sp³-hybridized carbons (Fsp3) is 0.700. The van der Waals surface area contributed by atoms with E-state index in [1.54, 1.807) is 0 Å². The molecule has 0 spiro atoms. The maximum absolute atomic E-state index is 6.12. The van der Waals surface area contributed by atoms with E-state index in [1.807, 2.05) is 21.8 Å². The molecule has 6 N–H and O–H groups in total. The lowest BCUT2D eigenvalue weighted by atomic mass is 10.2. The van der Waals surface area contributed by atoms with Gasteiger partial charge in [0, 0.05) is 29.6 Å². The molecule has 2 aromatic rings. The van der Waals surface area contributed by atoms with Crippen LogP contribution in [0.3, 0.4) is 0 Å². The van der Waals surface area contributed by atoms with Crippen molar-refractivity contribution in [2.45, 2.75) is 45.7 Å². The van der Waals surface area contributed by atoms with Gasteiger partial charge in [0.15, 0.2) is 5.82 Å². The van der Waals surface area contributed by atoms with Crippen LogP contribution in [0.4, 0.5) is 17.3 Å². The second kappa shape index (κ2) is 13.0. The van der Waals surface area contributed by atoms with Crippen molar-refractivity contribution < 1.29 is 0 Å². The normalized spacial score (nSPS) is 11.8. The minimum Gasteiger partial charge on any atom is -0.394 e. The summed E-state index contributed by atoms with van der Waals surface area (Å²) in [5, 5.41) is 8.62. The van der Waals surface area contributed by atoms with Gasteiger partial charge in [-0.15, -0.1) is 0 Å². The topological polar surface area (TPSA) is 120 Å². The molecule has 2 aromatic heterocycles. The summed E-state index contributed by atoms with van der Waals surface area (Å²) in [6.45, 7) is 9.26. The number of halogens is 1. The number of hydrogen-bond acceptors (Lipinski definition) is 7. The fourth-order valence-corrected chi connectivity index (χ4v) is 4.21. The molecular weight excluding hydrogens is 493 g/mol. The largest absolute Gasteiger partial charge is 0.394 e. The second-order valence-electron chi connectivity index (χ2n) is 7.76. The predicted molar refractivity (Wildman–Crippen MR) is 134 cm³/mol. The summed E-state index contributed by atoms with van der Waals surface area (Å²) in [5.41, 5.74) is 19.3. The van der Waals surface area contributed by atoms with Crippen molar-refractivity contribution >= 4 is 39.9 Å². The molecule has 0 saturated carbocycles. The van der Waals surface area contributed by atoms with Crippen LogP contribution < -0.4 is 17.2 Å². The minimum atomic E-state index is 0.420. The lowest BCUT2D eigenvalue weighted by Crippen LogP contribution is -2.31. The Kier molecular flexibility index (Phi) is 10.7. The Morgan fingerprint density at radius 1 is 1.00 bits per heavy atom. The van der Waals surface area contributed by atoms with E-state index in [1.165, 1.54) is 6.42 Å². The van der Waals surface area contributed by atoms with E-state index >= 15 is 0 Å². The zero-order valence-electron chi connectivity index (χ0n) is 18.4. The van der Waals surface area contributed by atoms with Gasteiger partial charge in [-0.05, 0) is 58.9 Å². The lowest BCUT2D eigenvalue weighted by Gasteiger charge is -2.23. The first kappa shape index (κ1) is 24.7. The predicted octanol–water partition coefficient (Wildman–Crippen LogP) is 1.93. The molecule has 0 amide bonds. The molecule has 0 aliphatic carbocycles. The smallest absolute Gasteiger partial charge is 0.168 e. The highest BCUT2D eigenvalue weighted by atomic mass is 127. The maximum atomic E-state index is 6.12. The van der Waals surface area contributed by atoms with Crippen LogP contribution in [0, 0.1) is 0 Å². The van der Waals surface area contributed by atoms with Crippen LogP contribution in [0.5, 0.6) is 0 Å². The molecule has 0 aliphatic rings. The quantitative estimate of drug-likeness (QED) is 0.237. The van der Waals surface area contributed by atoms with Crippen LogP contribution >= 0.6 is 22.6 Å². The Hall–Kier alpha value is -1.53. The molecule has 10 heteroatoms. The summed E-state index contributed by atoms with van der Waals surface area (Å²) >= 11 is 2.45. The zero-order valence-corrected chi connectivity index (χ0v) is 20.6. The molecule has 0 saturated heterocycles. The molecule has 2 heterocycles. The van der Waals surface area contributed by atoms with Gasteiger partial charge >= 0.3 is 0 Å². The Labute approximate surface area is 194 Å². The lowest BCUT2D eigenvalue weighted by molar-refractivity contribution is 0.247. The third-order valence-corrected chi connectivity index (χ3v) is 5.83. The first-order chi connectivity index (χ1) is 14.4. The molecule has 0 bridgehead atoms. The van der Waals surface area contributed by atoms with Gasteiger partial charge in [-0.3, -0.25) is 4.68 Å². The zero-order chi connectivity index (χ0) is 21.9. The van der Waals surface area contributed by atoms with E-state index in [9.17, 15) is 0 Å². The van der Waals surface area contributed by atoms with E-state index in [-0.39, 0.29) is 0 Å². The maximum Gasteiger partial charge on any atom is 0.168 e. The molecule has 9 nitrogen and oxygen atoms in total. The monoisotopic (exact) mass is 531 g/mol. The summed E-state index contributed by atoms with van der Waals surface area (Å²) in [4.78, 5) is 4.94. The number of nitrogens with two attached hydrogens (primary N) is 3. The molecular formula is C20H38IN9. The molecule has 0 aromatic carbocycles. The second-order valence-corrected chi connectivity index (χ2v) is 8.84. The van der Waals surface area contributed by atoms with Crippen molar-refractivity contribution in [3.8, 4) is 0 Å². The van der Waals surface area contributed by atoms with Crippen molar-refractivity contribution in [2.24, 2.45) is 0 Å². The summed E-state index contributed by atoms with van der Waals surface area (Å²) < 4.78 is 4.91. The molecule has 0 aliphatic heterocycles. The average molecular weight is 531 g/mol. The van der Waals surface area contributed by atoms with Crippen LogP contribution in [0.2, 0.25) is 0 Å². The number of rotatable bonds is 15.